The highest BCUT2D eigenvalue weighted by molar-refractivity contribution is 5.80. The van der Waals surface area contributed by atoms with Crippen LogP contribution in [0.1, 0.15) is 12.8 Å². The van der Waals surface area contributed by atoms with Crippen LogP contribution in [-0.2, 0) is 4.79 Å². The van der Waals surface area contributed by atoms with Crippen molar-refractivity contribution in [3.8, 4) is 0 Å². The summed E-state index contributed by atoms with van der Waals surface area (Å²) in [6.45, 7) is 2.20. The molecule has 0 aromatic rings. The minimum absolute atomic E-state index is 0.0969. The van der Waals surface area contributed by atoms with Crippen molar-refractivity contribution < 1.29 is 4.79 Å². The first-order valence-corrected chi connectivity index (χ1v) is 4.12. The Morgan fingerprint density at radius 3 is 2.82 bits per heavy atom. The smallest absolute Gasteiger partial charge is 0.221 e. The van der Waals surface area contributed by atoms with Crippen LogP contribution in [0.4, 0.5) is 0 Å². The number of rotatable bonds is 1. The third kappa shape index (κ3) is 0.948. The van der Waals surface area contributed by atoms with Gasteiger partial charge in [-0.05, 0) is 31.8 Å². The summed E-state index contributed by atoms with van der Waals surface area (Å²) in [5.74, 6) is 0.0905. The van der Waals surface area contributed by atoms with Crippen LogP contribution in [0.3, 0.4) is 0 Å². The lowest BCUT2D eigenvalue weighted by molar-refractivity contribution is -0.119. The van der Waals surface area contributed by atoms with Crippen LogP contribution < -0.4 is 5.73 Å². The lowest BCUT2D eigenvalue weighted by Crippen LogP contribution is -2.21. The number of primary amides is 1. The SMILES string of the molecule is CN1CC[C@@]2(C[C@@H]2C(N)=O)C1. The van der Waals surface area contributed by atoms with Gasteiger partial charge in [0.2, 0.25) is 5.91 Å². The number of carbonyl (C=O) groups is 1. The van der Waals surface area contributed by atoms with Crippen molar-refractivity contribution >= 4 is 5.91 Å². The van der Waals surface area contributed by atoms with Crippen molar-refractivity contribution in [2.75, 3.05) is 20.1 Å². The highest BCUT2D eigenvalue weighted by Crippen LogP contribution is 2.57. The van der Waals surface area contributed by atoms with E-state index in [1.165, 1.54) is 0 Å². The molecule has 0 aromatic carbocycles. The second-order valence-corrected chi connectivity index (χ2v) is 4.01. The Morgan fingerprint density at radius 2 is 2.45 bits per heavy atom. The van der Waals surface area contributed by atoms with Crippen molar-refractivity contribution in [3.63, 3.8) is 0 Å². The summed E-state index contributed by atoms with van der Waals surface area (Å²) >= 11 is 0. The number of hydrogen-bond acceptors (Lipinski definition) is 2. The normalized spacial score (nSPS) is 43.2. The Hall–Kier alpha value is -0.570. The Balaban J connectivity index is 2.02. The quantitative estimate of drug-likeness (QED) is 0.569. The molecule has 3 nitrogen and oxygen atoms in total. The molecule has 0 radical (unpaired) electrons. The Bertz CT molecular complexity index is 204. The lowest BCUT2D eigenvalue weighted by atomic mass is 10.0. The van der Waals surface area contributed by atoms with Crippen LogP contribution >= 0.6 is 0 Å². The number of nitrogens with two attached hydrogens (primary N) is 1. The first-order valence-electron chi connectivity index (χ1n) is 4.12. The fourth-order valence-electron chi connectivity index (χ4n) is 2.31. The molecule has 1 saturated heterocycles. The molecule has 2 N–H and O–H groups in total. The summed E-state index contributed by atoms with van der Waals surface area (Å²) in [6, 6.07) is 0. The zero-order valence-corrected chi connectivity index (χ0v) is 6.84. The molecule has 0 bridgehead atoms. The van der Waals surface area contributed by atoms with Gasteiger partial charge < -0.3 is 10.6 Å². The molecule has 1 spiro atoms. The maximum Gasteiger partial charge on any atom is 0.221 e. The Labute approximate surface area is 66.5 Å². The number of nitrogens with zero attached hydrogens (tertiary/aromatic N) is 1. The van der Waals surface area contributed by atoms with Gasteiger partial charge in [0.1, 0.15) is 0 Å². The fourth-order valence-corrected chi connectivity index (χ4v) is 2.31. The fraction of sp³-hybridized carbons (Fsp3) is 0.875. The number of carbonyl (C=O) groups excluding carboxylic acids is 1. The molecule has 2 fully saturated rings. The van der Waals surface area contributed by atoms with E-state index in [0.717, 1.165) is 25.9 Å². The zero-order valence-electron chi connectivity index (χ0n) is 6.84. The van der Waals surface area contributed by atoms with Crippen molar-refractivity contribution in [2.24, 2.45) is 17.1 Å². The average molecular weight is 154 g/mol. The van der Waals surface area contributed by atoms with Gasteiger partial charge in [-0.25, -0.2) is 0 Å². The predicted octanol–water partition coefficient (Wildman–Crippen LogP) is -0.187. The van der Waals surface area contributed by atoms with Gasteiger partial charge in [0.05, 0.1) is 0 Å². The zero-order chi connectivity index (χ0) is 8.06. The first kappa shape index (κ1) is 7.10. The van der Waals surface area contributed by atoms with Gasteiger partial charge in [-0.1, -0.05) is 0 Å². The third-order valence-electron chi connectivity index (χ3n) is 3.11. The third-order valence-corrected chi connectivity index (χ3v) is 3.11. The standard InChI is InChI=1S/C8H14N2O/c1-10-3-2-8(5-10)4-6(8)7(9)11/h6H,2-5H2,1H3,(H2,9,11)/t6-,8-/m1/s1. The number of hydrogen-bond donors (Lipinski definition) is 1. The molecule has 11 heavy (non-hydrogen) atoms. The molecule has 2 atom stereocenters. The minimum atomic E-state index is -0.0969. The molecule has 1 aliphatic heterocycles. The van der Waals surface area contributed by atoms with Gasteiger partial charge >= 0.3 is 0 Å². The molecule has 1 saturated carbocycles. The van der Waals surface area contributed by atoms with Crippen molar-refractivity contribution in [2.45, 2.75) is 12.8 Å². The van der Waals surface area contributed by atoms with E-state index in [1.807, 2.05) is 0 Å². The van der Waals surface area contributed by atoms with E-state index >= 15 is 0 Å². The highest BCUT2D eigenvalue weighted by Gasteiger charge is 2.59. The van der Waals surface area contributed by atoms with Crippen molar-refractivity contribution in [1.29, 1.82) is 0 Å². The average Bonchev–Trinajstić information content (AvgIpc) is 2.48. The van der Waals surface area contributed by atoms with Crippen LogP contribution in [0.15, 0.2) is 0 Å². The molecule has 0 unspecified atom stereocenters. The molecule has 1 amide bonds. The van der Waals surface area contributed by atoms with Crippen molar-refractivity contribution in [1.82, 2.24) is 4.90 Å². The lowest BCUT2D eigenvalue weighted by Gasteiger charge is -2.07. The molecular formula is C8H14N2O. The maximum absolute atomic E-state index is 10.8. The molecule has 1 aliphatic carbocycles. The summed E-state index contributed by atoms with van der Waals surface area (Å²) in [4.78, 5) is 13.1. The number of likely N-dealkylation sites (tertiary alicyclic amines) is 1. The minimum Gasteiger partial charge on any atom is -0.369 e. The van der Waals surface area contributed by atoms with E-state index in [-0.39, 0.29) is 11.8 Å². The summed E-state index contributed by atoms with van der Waals surface area (Å²) < 4.78 is 0. The molecule has 2 aliphatic rings. The summed E-state index contributed by atoms with van der Waals surface area (Å²) in [6.07, 6.45) is 2.20. The monoisotopic (exact) mass is 154 g/mol. The van der Waals surface area contributed by atoms with E-state index in [1.54, 1.807) is 0 Å². The van der Waals surface area contributed by atoms with Crippen LogP contribution in [0, 0.1) is 11.3 Å². The first-order chi connectivity index (χ1) is 5.14. The van der Waals surface area contributed by atoms with Gasteiger partial charge in [0.25, 0.3) is 0 Å². The van der Waals surface area contributed by atoms with Gasteiger partial charge in [0.15, 0.2) is 0 Å². The van der Waals surface area contributed by atoms with Crippen LogP contribution in [-0.4, -0.2) is 30.9 Å². The largest absolute Gasteiger partial charge is 0.369 e. The van der Waals surface area contributed by atoms with Crippen LogP contribution in [0.2, 0.25) is 0 Å². The van der Waals surface area contributed by atoms with Crippen LogP contribution in [0.5, 0.6) is 0 Å². The molecular weight excluding hydrogens is 140 g/mol. The Kier molecular flexibility index (Phi) is 1.27. The molecule has 2 rings (SSSR count). The molecule has 0 aromatic heterocycles. The summed E-state index contributed by atoms with van der Waals surface area (Å²) in [5.41, 5.74) is 5.55. The highest BCUT2D eigenvalue weighted by atomic mass is 16.1. The van der Waals surface area contributed by atoms with Crippen molar-refractivity contribution in [3.05, 3.63) is 0 Å². The number of amides is 1. The molecule has 3 heteroatoms. The maximum atomic E-state index is 10.8. The molecule has 62 valence electrons. The van der Waals surface area contributed by atoms with E-state index in [0.29, 0.717) is 5.41 Å². The Morgan fingerprint density at radius 1 is 1.73 bits per heavy atom. The topological polar surface area (TPSA) is 46.3 Å². The van der Waals surface area contributed by atoms with E-state index in [4.69, 9.17) is 5.73 Å². The molecule has 1 heterocycles. The summed E-state index contributed by atoms with van der Waals surface area (Å²) in [5, 5.41) is 0. The van der Waals surface area contributed by atoms with E-state index in [9.17, 15) is 4.79 Å². The van der Waals surface area contributed by atoms with Gasteiger partial charge in [-0.2, -0.15) is 0 Å². The summed E-state index contributed by atoms with van der Waals surface area (Å²) in [7, 11) is 2.10. The van der Waals surface area contributed by atoms with E-state index < -0.39 is 0 Å². The van der Waals surface area contributed by atoms with E-state index in [2.05, 4.69) is 11.9 Å². The van der Waals surface area contributed by atoms with Gasteiger partial charge in [0, 0.05) is 12.5 Å². The van der Waals surface area contributed by atoms with Gasteiger partial charge in [-0.3, -0.25) is 4.79 Å². The second-order valence-electron chi connectivity index (χ2n) is 4.01. The van der Waals surface area contributed by atoms with Gasteiger partial charge in [-0.15, -0.1) is 0 Å². The second kappa shape index (κ2) is 1.97. The predicted molar refractivity (Wildman–Crippen MR) is 41.8 cm³/mol. The van der Waals surface area contributed by atoms with Crippen LogP contribution in [0.25, 0.3) is 0 Å².